The molecule has 0 bridgehead atoms. The number of hydrogen-bond acceptors (Lipinski definition) is 6. The van der Waals surface area contributed by atoms with Crippen molar-refractivity contribution in [3.63, 3.8) is 0 Å². The van der Waals surface area contributed by atoms with Gasteiger partial charge in [0.2, 0.25) is 0 Å². The van der Waals surface area contributed by atoms with Crippen LogP contribution in [0.15, 0.2) is 54.6 Å². The van der Waals surface area contributed by atoms with E-state index in [2.05, 4.69) is 60.0 Å². The van der Waals surface area contributed by atoms with Crippen LogP contribution in [0, 0.1) is 13.8 Å². The zero-order chi connectivity index (χ0) is 25.7. The van der Waals surface area contributed by atoms with Gasteiger partial charge in [-0.05, 0) is 40.2 Å². The average molecular weight is 489 g/mol. The maximum Gasteiger partial charge on any atom is 0.161 e. The van der Waals surface area contributed by atoms with E-state index in [1.165, 1.54) is 16.7 Å². The van der Waals surface area contributed by atoms with E-state index in [1.807, 2.05) is 39.0 Å². The number of rotatable bonds is 8. The summed E-state index contributed by atoms with van der Waals surface area (Å²) in [5.41, 5.74) is 5.54. The molecule has 1 unspecified atom stereocenters. The second-order valence-electron chi connectivity index (χ2n) is 10.8. The first kappa shape index (κ1) is 26.3. The summed E-state index contributed by atoms with van der Waals surface area (Å²) in [5, 5.41) is 10.5. The first-order valence-electron chi connectivity index (χ1n) is 13.0. The molecule has 192 valence electrons. The maximum atomic E-state index is 10.5. The Morgan fingerprint density at radius 1 is 0.944 bits per heavy atom. The van der Waals surface area contributed by atoms with Gasteiger partial charge in [0.25, 0.3) is 0 Å². The van der Waals surface area contributed by atoms with Gasteiger partial charge in [-0.1, -0.05) is 60.2 Å². The van der Waals surface area contributed by atoms with Crippen molar-refractivity contribution < 1.29 is 9.84 Å². The van der Waals surface area contributed by atoms with Crippen LogP contribution in [0.1, 0.15) is 43.2 Å². The van der Waals surface area contributed by atoms with Gasteiger partial charge >= 0.3 is 0 Å². The normalized spacial score (nSPS) is 15.8. The van der Waals surface area contributed by atoms with E-state index in [4.69, 9.17) is 14.7 Å². The highest BCUT2D eigenvalue weighted by Gasteiger charge is 2.25. The highest BCUT2D eigenvalue weighted by Crippen LogP contribution is 2.28. The molecule has 1 aliphatic rings. The third-order valence-electron chi connectivity index (χ3n) is 6.54. The van der Waals surface area contributed by atoms with Crippen LogP contribution >= 0.6 is 0 Å². The number of piperazine rings is 1. The van der Waals surface area contributed by atoms with Gasteiger partial charge in [-0.15, -0.1) is 0 Å². The number of ether oxygens (including phenoxy) is 1. The Morgan fingerprint density at radius 2 is 1.67 bits per heavy atom. The molecule has 0 aliphatic carbocycles. The lowest BCUT2D eigenvalue weighted by atomic mass is 10.0. The first-order chi connectivity index (χ1) is 17.2. The van der Waals surface area contributed by atoms with Crippen molar-refractivity contribution >= 4 is 5.82 Å². The smallest absolute Gasteiger partial charge is 0.161 e. The van der Waals surface area contributed by atoms with Crippen molar-refractivity contribution in [2.24, 2.45) is 0 Å². The molecular formula is C30H40N4O2. The number of aromatic nitrogens is 2. The zero-order valence-corrected chi connectivity index (χ0v) is 22.4. The minimum atomic E-state index is -0.487. The minimum Gasteiger partial charge on any atom is -0.389 e. The molecule has 1 N–H and O–H groups in total. The fourth-order valence-corrected chi connectivity index (χ4v) is 4.63. The van der Waals surface area contributed by atoms with Gasteiger partial charge in [0.1, 0.15) is 5.82 Å². The number of aliphatic hydroxyl groups excluding tert-OH is 1. The number of benzene rings is 2. The lowest BCUT2D eigenvalue weighted by molar-refractivity contribution is -0.0563. The number of hydrogen-bond donors (Lipinski definition) is 1. The van der Waals surface area contributed by atoms with E-state index < -0.39 is 6.10 Å². The highest BCUT2D eigenvalue weighted by molar-refractivity contribution is 5.61. The molecule has 2 heterocycles. The lowest BCUT2D eigenvalue weighted by Crippen LogP contribution is -2.50. The fourth-order valence-electron chi connectivity index (χ4n) is 4.63. The number of aliphatic hydroxyl groups is 1. The van der Waals surface area contributed by atoms with Crippen molar-refractivity contribution in [2.45, 2.75) is 52.7 Å². The molecule has 0 saturated carbocycles. The van der Waals surface area contributed by atoms with Crippen LogP contribution < -0.4 is 4.90 Å². The number of aryl methyl sites for hydroxylation is 2. The van der Waals surface area contributed by atoms with Gasteiger partial charge < -0.3 is 14.7 Å². The van der Waals surface area contributed by atoms with Gasteiger partial charge in [-0.25, -0.2) is 9.97 Å². The monoisotopic (exact) mass is 488 g/mol. The molecule has 0 radical (unpaired) electrons. The van der Waals surface area contributed by atoms with Crippen LogP contribution in [0.4, 0.5) is 5.82 Å². The number of anilines is 1. The number of nitrogens with zero attached hydrogens (tertiary/aromatic N) is 4. The Hall–Kier alpha value is -2.80. The summed E-state index contributed by atoms with van der Waals surface area (Å²) in [5.74, 6) is 1.80. The predicted octanol–water partition coefficient (Wildman–Crippen LogP) is 4.65. The summed E-state index contributed by atoms with van der Waals surface area (Å²) in [6.07, 6.45) is 0.319. The van der Waals surface area contributed by atoms with E-state index in [0.717, 1.165) is 55.5 Å². The van der Waals surface area contributed by atoms with Crippen LogP contribution in [0.3, 0.4) is 0 Å². The summed E-state index contributed by atoms with van der Waals surface area (Å²) in [4.78, 5) is 14.7. The van der Waals surface area contributed by atoms with E-state index in [-0.39, 0.29) is 5.60 Å². The largest absolute Gasteiger partial charge is 0.389 e. The molecule has 6 nitrogen and oxygen atoms in total. The zero-order valence-electron chi connectivity index (χ0n) is 22.4. The number of β-amino-alcohol motifs (C(OH)–C–C–N with tert-alkyl or cyclic N) is 1. The Morgan fingerprint density at radius 3 is 2.33 bits per heavy atom. The van der Waals surface area contributed by atoms with Crippen LogP contribution in [0.25, 0.3) is 11.4 Å². The van der Waals surface area contributed by atoms with Gasteiger partial charge in [0.15, 0.2) is 5.82 Å². The summed E-state index contributed by atoms with van der Waals surface area (Å²) >= 11 is 0. The fraction of sp³-hybridized carbons (Fsp3) is 0.467. The summed E-state index contributed by atoms with van der Waals surface area (Å²) < 4.78 is 5.77. The summed E-state index contributed by atoms with van der Waals surface area (Å²) in [7, 11) is 0. The van der Waals surface area contributed by atoms with Gasteiger partial charge in [-0.2, -0.15) is 0 Å². The third kappa shape index (κ3) is 7.12. The lowest BCUT2D eigenvalue weighted by Gasteiger charge is -2.37. The second kappa shape index (κ2) is 11.5. The molecule has 36 heavy (non-hydrogen) atoms. The molecule has 1 saturated heterocycles. The van der Waals surface area contributed by atoms with Crippen molar-refractivity contribution in [1.29, 1.82) is 0 Å². The average Bonchev–Trinajstić information content (AvgIpc) is 2.85. The van der Waals surface area contributed by atoms with E-state index >= 15 is 0 Å². The SMILES string of the molecule is Cc1cccc(Cc2c(C)nc(-c3ccccc3)nc2N2CCN(CC(O)COC(C)(C)C)CC2)c1. The maximum absolute atomic E-state index is 10.5. The Kier molecular flexibility index (Phi) is 8.39. The van der Waals surface area contributed by atoms with Gasteiger partial charge in [0, 0.05) is 56.0 Å². The Labute approximate surface area is 216 Å². The Balaban J connectivity index is 1.53. The molecule has 1 fully saturated rings. The van der Waals surface area contributed by atoms with Crippen molar-refractivity contribution in [2.75, 3.05) is 44.2 Å². The standard InChI is InChI=1S/C30H40N4O2/c1-22-10-9-11-24(18-22)19-27-23(2)31-28(25-12-7-6-8-13-25)32-29(27)34-16-14-33(15-17-34)20-26(35)21-36-30(3,4)5/h6-13,18,26,35H,14-17,19-21H2,1-5H3. The highest BCUT2D eigenvalue weighted by atomic mass is 16.5. The molecule has 0 spiro atoms. The van der Waals surface area contributed by atoms with Crippen LogP contribution in [-0.2, 0) is 11.2 Å². The summed E-state index contributed by atoms with van der Waals surface area (Å²) in [6.45, 7) is 14.7. The van der Waals surface area contributed by atoms with Crippen molar-refractivity contribution in [3.8, 4) is 11.4 Å². The second-order valence-corrected chi connectivity index (χ2v) is 10.8. The molecule has 1 atom stereocenters. The summed E-state index contributed by atoms with van der Waals surface area (Å²) in [6, 6.07) is 18.9. The molecule has 0 amide bonds. The molecule has 6 heteroatoms. The van der Waals surface area contributed by atoms with Crippen LogP contribution in [-0.4, -0.2) is 71.0 Å². The molecular weight excluding hydrogens is 448 g/mol. The molecule has 1 aliphatic heterocycles. The van der Waals surface area contributed by atoms with Crippen molar-refractivity contribution in [3.05, 3.63) is 77.0 Å². The molecule has 4 rings (SSSR count). The molecule has 2 aromatic carbocycles. The van der Waals surface area contributed by atoms with Gasteiger partial charge in [0.05, 0.1) is 18.3 Å². The van der Waals surface area contributed by atoms with Crippen molar-refractivity contribution in [1.82, 2.24) is 14.9 Å². The van der Waals surface area contributed by atoms with E-state index in [1.54, 1.807) is 0 Å². The van der Waals surface area contributed by atoms with Gasteiger partial charge in [-0.3, -0.25) is 4.90 Å². The van der Waals surface area contributed by atoms with E-state index in [9.17, 15) is 5.11 Å². The first-order valence-corrected chi connectivity index (χ1v) is 13.0. The third-order valence-corrected chi connectivity index (χ3v) is 6.54. The minimum absolute atomic E-state index is 0.241. The molecule has 1 aromatic heterocycles. The topological polar surface area (TPSA) is 61.7 Å². The molecule has 3 aromatic rings. The predicted molar refractivity (Wildman–Crippen MR) is 147 cm³/mol. The van der Waals surface area contributed by atoms with Crippen LogP contribution in [0.2, 0.25) is 0 Å². The van der Waals surface area contributed by atoms with E-state index in [0.29, 0.717) is 13.2 Å². The quantitative estimate of drug-likeness (QED) is 0.498. The Bertz CT molecular complexity index is 1140. The van der Waals surface area contributed by atoms with Crippen LogP contribution in [0.5, 0.6) is 0 Å².